The van der Waals surface area contributed by atoms with Gasteiger partial charge in [-0.3, -0.25) is 0 Å². The first-order valence-corrected chi connectivity index (χ1v) is 3.50. The summed E-state index contributed by atoms with van der Waals surface area (Å²) in [6, 6.07) is 0. The molecule has 0 saturated heterocycles. The van der Waals surface area contributed by atoms with Gasteiger partial charge in [-0.1, -0.05) is 20.8 Å². The topological polar surface area (TPSA) is 0 Å². The summed E-state index contributed by atoms with van der Waals surface area (Å²) in [7, 11) is 0. The molecular weight excluding hydrogens is 110 g/mol. The summed E-state index contributed by atoms with van der Waals surface area (Å²) in [5.41, 5.74) is 0. The van der Waals surface area contributed by atoms with E-state index < -0.39 is 0 Å². The van der Waals surface area contributed by atoms with Crippen LogP contribution in [-0.4, -0.2) is 36.6 Å². The van der Waals surface area contributed by atoms with Gasteiger partial charge in [-0.15, -0.1) is 0 Å². The molecule has 0 unspecified atom stereocenters. The molecule has 2 heteroatoms. The molecule has 0 N–H and O–H groups in total. The van der Waals surface area contributed by atoms with Gasteiger partial charge in [0, 0.05) is 0 Å². The van der Waals surface area contributed by atoms with E-state index in [1.54, 1.807) is 0 Å². The van der Waals surface area contributed by atoms with Crippen LogP contribution >= 0.6 is 0 Å². The van der Waals surface area contributed by atoms with Crippen molar-refractivity contribution in [3.63, 3.8) is 0 Å². The standard InChI is InChI=1S/2C4H9.2Li.H/c2*1-4(2)3;;;/h2*1-3H3;;;. The molecule has 0 aliphatic heterocycles. The molecule has 0 aromatic heterocycles. The van der Waals surface area contributed by atoms with E-state index in [2.05, 4.69) is 59.3 Å². The van der Waals surface area contributed by atoms with Gasteiger partial charge in [-0.2, -0.15) is 0 Å². The van der Waals surface area contributed by atoms with Crippen LogP contribution in [0.1, 0.15) is 41.5 Å². The van der Waals surface area contributed by atoms with Gasteiger partial charge in [0.1, 0.15) is 0 Å². The summed E-state index contributed by atoms with van der Waals surface area (Å²) in [5, 5.41) is 0. The Morgan fingerprint density at radius 2 is 1.00 bits per heavy atom. The molecule has 0 saturated carbocycles. The fourth-order valence-electron chi connectivity index (χ4n) is 0. The predicted molar refractivity (Wildman–Crippen MR) is 52.9 cm³/mol. The molecule has 53 valence electrons. The fraction of sp³-hybridized carbons (Fsp3) is 0.875. The van der Waals surface area contributed by atoms with E-state index >= 15 is 0 Å². The van der Waals surface area contributed by atoms with Crippen molar-refractivity contribution in [3.8, 4) is 0 Å². The Morgan fingerprint density at radius 1 is 1.00 bits per heavy atom. The Balaban J connectivity index is -0.0000000910. The van der Waals surface area contributed by atoms with Crippen molar-refractivity contribution in [2.24, 2.45) is 0 Å². The van der Waals surface area contributed by atoms with E-state index in [0.29, 0.717) is 4.09 Å². The monoisotopic (exact) mass is 129 g/mol. The number of hydrogen-bond acceptors (Lipinski definition) is 0. The van der Waals surface area contributed by atoms with Crippen LogP contribution in [0.4, 0.5) is 0 Å². The molecule has 0 amide bonds. The Morgan fingerprint density at radius 3 is 1.00 bits per heavy atom. The molecule has 0 aliphatic rings. The Hall–Kier alpha value is 1.19. The molecule has 0 fully saturated rings. The van der Waals surface area contributed by atoms with Crippen LogP contribution in [0.15, 0.2) is 0 Å². The number of hydrogen-bond donors (Lipinski definition) is 0. The Labute approximate surface area is 87.9 Å². The SMILES string of the molecule is C[C](C)C.[LiH].[Li][C](C)(C)C. The van der Waals surface area contributed by atoms with Gasteiger partial charge < -0.3 is 0 Å². The van der Waals surface area contributed by atoms with E-state index in [9.17, 15) is 0 Å². The molecule has 0 aromatic carbocycles. The van der Waals surface area contributed by atoms with Crippen molar-refractivity contribution >= 4 is 36.6 Å². The third kappa shape index (κ3) is 433. The summed E-state index contributed by atoms with van der Waals surface area (Å²) in [5.74, 6) is 1.42. The summed E-state index contributed by atoms with van der Waals surface area (Å²) in [6.45, 7) is 12.8. The van der Waals surface area contributed by atoms with E-state index in [1.807, 2.05) is 0 Å². The minimum absolute atomic E-state index is 0. The zero-order valence-electron chi connectivity index (χ0n) is 8.00. The molecule has 0 aromatic rings. The normalized spacial score (nSPS) is 9.70. The average molecular weight is 129 g/mol. The van der Waals surface area contributed by atoms with E-state index in [-0.39, 0.29) is 18.9 Å². The van der Waals surface area contributed by atoms with Crippen molar-refractivity contribution < 1.29 is 0 Å². The first kappa shape index (κ1) is 17.3. The summed E-state index contributed by atoms with van der Waals surface area (Å²) in [4.78, 5) is 0. The summed E-state index contributed by atoms with van der Waals surface area (Å²) < 4.78 is 0.500. The Bertz CT molecular complexity index is 44.0. The van der Waals surface area contributed by atoms with Crippen molar-refractivity contribution in [3.05, 3.63) is 5.92 Å². The third-order valence-electron chi connectivity index (χ3n) is 0. The predicted octanol–water partition coefficient (Wildman–Crippen LogP) is 2.35. The zero-order chi connectivity index (χ0) is 8.08. The first-order valence-electron chi connectivity index (χ1n) is 3.50. The average Bonchev–Trinajstić information content (AvgIpc) is 1.19. The van der Waals surface area contributed by atoms with Gasteiger partial charge in [-0.25, -0.2) is 0 Å². The van der Waals surface area contributed by atoms with E-state index in [0.717, 1.165) is 0 Å². The van der Waals surface area contributed by atoms with Crippen molar-refractivity contribution in [2.75, 3.05) is 0 Å². The molecule has 0 bridgehead atoms. The van der Waals surface area contributed by atoms with Crippen LogP contribution in [0.3, 0.4) is 0 Å². The fourth-order valence-corrected chi connectivity index (χ4v) is 0. The van der Waals surface area contributed by atoms with Crippen LogP contribution in [0.25, 0.3) is 0 Å². The molecule has 0 aliphatic carbocycles. The van der Waals surface area contributed by atoms with Crippen LogP contribution in [0, 0.1) is 5.92 Å². The molecule has 10 heavy (non-hydrogen) atoms. The van der Waals surface area contributed by atoms with E-state index in [4.69, 9.17) is 0 Å². The second kappa shape index (κ2) is 8.29. The minimum atomic E-state index is 0. The summed E-state index contributed by atoms with van der Waals surface area (Å²) >= 11 is 2.19. The van der Waals surface area contributed by atoms with Gasteiger partial charge in [0.15, 0.2) is 0 Å². The van der Waals surface area contributed by atoms with Crippen LogP contribution in [0.5, 0.6) is 0 Å². The van der Waals surface area contributed by atoms with E-state index in [1.165, 1.54) is 5.92 Å². The van der Waals surface area contributed by atoms with Crippen molar-refractivity contribution in [1.29, 1.82) is 0 Å². The maximum absolute atomic E-state index is 2.19. The Kier molecular flexibility index (Phi) is 14.4. The summed E-state index contributed by atoms with van der Waals surface area (Å²) in [6.07, 6.45) is 0. The van der Waals surface area contributed by atoms with Gasteiger partial charge in [-0.05, 0) is 5.92 Å². The molecule has 0 spiro atoms. The van der Waals surface area contributed by atoms with Crippen molar-refractivity contribution in [2.45, 2.75) is 45.6 Å². The molecule has 0 heterocycles. The van der Waals surface area contributed by atoms with Crippen LogP contribution < -0.4 is 0 Å². The van der Waals surface area contributed by atoms with Crippen LogP contribution in [-0.2, 0) is 0 Å². The second-order valence-electron chi connectivity index (χ2n) is 4.50. The molecular formula is C8H19Li2. The molecule has 1 radical (unpaired) electrons. The number of rotatable bonds is 0. The van der Waals surface area contributed by atoms with Gasteiger partial charge in [0.25, 0.3) is 0 Å². The van der Waals surface area contributed by atoms with Gasteiger partial charge >= 0.3 is 61.4 Å². The van der Waals surface area contributed by atoms with Crippen LogP contribution in [0.2, 0.25) is 4.09 Å². The zero-order valence-corrected chi connectivity index (χ0v) is 8.00. The molecule has 0 rings (SSSR count). The molecule has 0 nitrogen and oxygen atoms in total. The second-order valence-corrected chi connectivity index (χ2v) is 4.50. The third-order valence-corrected chi connectivity index (χ3v) is 0. The maximum atomic E-state index is 2.19. The van der Waals surface area contributed by atoms with Crippen molar-refractivity contribution in [1.82, 2.24) is 0 Å². The van der Waals surface area contributed by atoms with Gasteiger partial charge in [0.05, 0.1) is 0 Å². The quantitative estimate of drug-likeness (QED) is 0.440. The van der Waals surface area contributed by atoms with Gasteiger partial charge in [0.2, 0.25) is 0 Å². The molecule has 0 atom stereocenters. The first-order chi connectivity index (χ1) is 3.73.